The van der Waals surface area contributed by atoms with Crippen LogP contribution in [0.15, 0.2) is 48.5 Å². The van der Waals surface area contributed by atoms with Gasteiger partial charge in [-0.2, -0.15) is 0 Å². The van der Waals surface area contributed by atoms with Crippen LogP contribution in [-0.4, -0.2) is 60.7 Å². The lowest BCUT2D eigenvalue weighted by atomic mass is 10.1. The first-order valence-corrected chi connectivity index (χ1v) is 10.3. The van der Waals surface area contributed by atoms with Gasteiger partial charge < -0.3 is 29.9 Å². The molecule has 1 aliphatic heterocycles. The van der Waals surface area contributed by atoms with E-state index in [-0.39, 0.29) is 12.7 Å². The summed E-state index contributed by atoms with van der Waals surface area (Å²) in [6.45, 7) is 3.92. The zero-order chi connectivity index (χ0) is 20.5. The molecule has 1 heterocycles. The van der Waals surface area contributed by atoms with Crippen LogP contribution in [0.5, 0.6) is 11.5 Å². The maximum absolute atomic E-state index is 10.3. The zero-order valence-corrected chi connectivity index (χ0v) is 17.1. The Labute approximate surface area is 173 Å². The molecule has 0 spiro atoms. The molecule has 0 amide bonds. The fourth-order valence-electron chi connectivity index (χ4n) is 3.53. The van der Waals surface area contributed by atoms with Gasteiger partial charge in [0.1, 0.15) is 12.7 Å². The van der Waals surface area contributed by atoms with Crippen LogP contribution in [-0.2, 0) is 13.1 Å². The van der Waals surface area contributed by atoms with Crippen molar-refractivity contribution in [3.05, 3.63) is 59.7 Å². The predicted molar refractivity (Wildman–Crippen MR) is 113 cm³/mol. The standard InChI is InChI=1S/C23H32N2O4/c1-28-23-13-19(15-24-14-18-5-3-2-4-6-18)7-8-22(23)29-17-21(27)16-25-11-9-20(26)10-12-25/h2-8,13,20-21,24,26-27H,9-12,14-17H2,1H3/t21-/m0/s1. The van der Waals surface area contributed by atoms with Gasteiger partial charge in [-0.05, 0) is 36.1 Å². The number of nitrogens with one attached hydrogen (secondary N) is 1. The Kier molecular flexibility index (Phi) is 8.31. The van der Waals surface area contributed by atoms with Crippen LogP contribution in [0.1, 0.15) is 24.0 Å². The minimum Gasteiger partial charge on any atom is -0.493 e. The highest BCUT2D eigenvalue weighted by Gasteiger charge is 2.20. The lowest BCUT2D eigenvalue weighted by Crippen LogP contribution is -2.41. The van der Waals surface area contributed by atoms with E-state index in [0.29, 0.717) is 18.0 Å². The van der Waals surface area contributed by atoms with Gasteiger partial charge in [0.2, 0.25) is 0 Å². The average Bonchev–Trinajstić information content (AvgIpc) is 2.75. The SMILES string of the molecule is COc1cc(CNCc2ccccc2)ccc1OC[C@@H](O)CN1CCC(O)CC1. The van der Waals surface area contributed by atoms with Crippen LogP contribution in [0.2, 0.25) is 0 Å². The highest BCUT2D eigenvalue weighted by Crippen LogP contribution is 2.28. The van der Waals surface area contributed by atoms with E-state index in [1.54, 1.807) is 7.11 Å². The van der Waals surface area contributed by atoms with Crippen molar-refractivity contribution in [2.24, 2.45) is 0 Å². The van der Waals surface area contributed by atoms with Crippen LogP contribution >= 0.6 is 0 Å². The summed E-state index contributed by atoms with van der Waals surface area (Å²) in [6.07, 6.45) is 0.745. The van der Waals surface area contributed by atoms with Crippen molar-refractivity contribution in [3.63, 3.8) is 0 Å². The van der Waals surface area contributed by atoms with E-state index in [1.807, 2.05) is 36.4 Å². The number of hydrogen-bond acceptors (Lipinski definition) is 6. The van der Waals surface area contributed by atoms with Gasteiger partial charge in [0, 0.05) is 32.7 Å². The van der Waals surface area contributed by atoms with Gasteiger partial charge in [0.05, 0.1) is 13.2 Å². The summed E-state index contributed by atoms with van der Waals surface area (Å²) in [5.74, 6) is 1.30. The van der Waals surface area contributed by atoms with E-state index in [4.69, 9.17) is 9.47 Å². The summed E-state index contributed by atoms with van der Waals surface area (Å²) in [7, 11) is 1.62. The second kappa shape index (κ2) is 11.2. The van der Waals surface area contributed by atoms with E-state index in [2.05, 4.69) is 22.3 Å². The van der Waals surface area contributed by atoms with Crippen LogP contribution in [0.25, 0.3) is 0 Å². The molecule has 1 fully saturated rings. The van der Waals surface area contributed by atoms with Gasteiger partial charge >= 0.3 is 0 Å². The molecule has 0 aromatic heterocycles. The largest absolute Gasteiger partial charge is 0.493 e. The monoisotopic (exact) mass is 400 g/mol. The number of rotatable bonds is 10. The van der Waals surface area contributed by atoms with Gasteiger partial charge in [-0.15, -0.1) is 0 Å². The second-order valence-corrected chi connectivity index (χ2v) is 7.57. The Morgan fingerprint density at radius 1 is 1.03 bits per heavy atom. The highest BCUT2D eigenvalue weighted by molar-refractivity contribution is 5.43. The Morgan fingerprint density at radius 3 is 2.48 bits per heavy atom. The number of ether oxygens (including phenoxy) is 2. The lowest BCUT2D eigenvalue weighted by Gasteiger charge is -2.30. The number of benzene rings is 2. The van der Waals surface area contributed by atoms with E-state index in [1.165, 1.54) is 5.56 Å². The molecule has 158 valence electrons. The normalized spacial score (nSPS) is 16.5. The molecule has 0 unspecified atom stereocenters. The third-order valence-electron chi connectivity index (χ3n) is 5.19. The minimum atomic E-state index is -0.581. The van der Waals surface area contributed by atoms with Crippen molar-refractivity contribution in [3.8, 4) is 11.5 Å². The average molecular weight is 401 g/mol. The van der Waals surface area contributed by atoms with Crippen molar-refractivity contribution in [1.82, 2.24) is 10.2 Å². The van der Waals surface area contributed by atoms with Crippen molar-refractivity contribution in [1.29, 1.82) is 0 Å². The fourth-order valence-corrected chi connectivity index (χ4v) is 3.53. The summed E-state index contributed by atoms with van der Waals surface area (Å²) >= 11 is 0. The predicted octanol–water partition coefficient (Wildman–Crippen LogP) is 2.18. The third kappa shape index (κ3) is 7.01. The number of piperidine rings is 1. The Balaban J connectivity index is 1.45. The fraction of sp³-hybridized carbons (Fsp3) is 0.478. The molecule has 6 nitrogen and oxygen atoms in total. The molecule has 2 aromatic carbocycles. The number of aliphatic hydroxyl groups excluding tert-OH is 2. The second-order valence-electron chi connectivity index (χ2n) is 7.57. The van der Waals surface area contributed by atoms with Crippen LogP contribution in [0.3, 0.4) is 0 Å². The van der Waals surface area contributed by atoms with E-state index in [0.717, 1.165) is 44.6 Å². The molecule has 29 heavy (non-hydrogen) atoms. The third-order valence-corrected chi connectivity index (χ3v) is 5.19. The number of nitrogens with zero attached hydrogens (tertiary/aromatic N) is 1. The molecule has 1 saturated heterocycles. The number of aliphatic hydroxyl groups is 2. The van der Waals surface area contributed by atoms with Crippen molar-refractivity contribution >= 4 is 0 Å². The molecule has 6 heteroatoms. The van der Waals surface area contributed by atoms with Gasteiger partial charge in [-0.25, -0.2) is 0 Å². The zero-order valence-electron chi connectivity index (χ0n) is 17.1. The molecular formula is C23H32N2O4. The number of likely N-dealkylation sites (tertiary alicyclic amines) is 1. The summed E-state index contributed by atoms with van der Waals surface area (Å²) in [4.78, 5) is 2.17. The minimum absolute atomic E-state index is 0.204. The molecular weight excluding hydrogens is 368 g/mol. The molecule has 0 saturated carbocycles. The van der Waals surface area contributed by atoms with E-state index >= 15 is 0 Å². The lowest BCUT2D eigenvalue weighted by molar-refractivity contribution is 0.0333. The summed E-state index contributed by atoms with van der Waals surface area (Å²) in [6, 6.07) is 16.2. The van der Waals surface area contributed by atoms with E-state index < -0.39 is 6.10 Å². The molecule has 0 bridgehead atoms. The molecule has 3 rings (SSSR count). The van der Waals surface area contributed by atoms with Crippen molar-refractivity contribution < 1.29 is 19.7 Å². The molecule has 1 aliphatic rings. The Hall–Kier alpha value is -2.12. The molecule has 2 aromatic rings. The first kappa shape index (κ1) is 21.6. The first-order valence-electron chi connectivity index (χ1n) is 10.3. The topological polar surface area (TPSA) is 74.2 Å². The van der Waals surface area contributed by atoms with Crippen LogP contribution < -0.4 is 14.8 Å². The van der Waals surface area contributed by atoms with Gasteiger partial charge in [-0.3, -0.25) is 0 Å². The summed E-state index contributed by atoms with van der Waals surface area (Å²) in [5, 5.41) is 23.3. The molecule has 0 aliphatic carbocycles. The molecule has 1 atom stereocenters. The Bertz CT molecular complexity index is 733. The number of hydrogen-bond donors (Lipinski definition) is 3. The number of β-amino-alcohol motifs (C(OH)–C–C–N with tert-alkyl or cyclic N) is 1. The Morgan fingerprint density at radius 2 is 1.76 bits per heavy atom. The summed E-state index contributed by atoms with van der Waals surface area (Å²) in [5.41, 5.74) is 2.36. The van der Waals surface area contributed by atoms with Crippen LogP contribution in [0, 0.1) is 0 Å². The summed E-state index contributed by atoms with van der Waals surface area (Å²) < 4.78 is 11.3. The van der Waals surface area contributed by atoms with Gasteiger partial charge in [0.25, 0.3) is 0 Å². The highest BCUT2D eigenvalue weighted by atomic mass is 16.5. The van der Waals surface area contributed by atoms with E-state index in [9.17, 15) is 10.2 Å². The molecule has 0 radical (unpaired) electrons. The smallest absolute Gasteiger partial charge is 0.161 e. The van der Waals surface area contributed by atoms with Gasteiger partial charge in [0.15, 0.2) is 11.5 Å². The number of methoxy groups -OCH3 is 1. The maximum Gasteiger partial charge on any atom is 0.161 e. The first-order chi connectivity index (χ1) is 14.1. The van der Waals surface area contributed by atoms with Crippen molar-refractivity contribution in [2.45, 2.75) is 38.1 Å². The van der Waals surface area contributed by atoms with Gasteiger partial charge in [-0.1, -0.05) is 36.4 Å². The van der Waals surface area contributed by atoms with Crippen molar-refractivity contribution in [2.75, 3.05) is 33.4 Å². The molecule has 3 N–H and O–H groups in total. The van der Waals surface area contributed by atoms with Crippen LogP contribution in [0.4, 0.5) is 0 Å². The quantitative estimate of drug-likeness (QED) is 0.568. The maximum atomic E-state index is 10.3.